The van der Waals surface area contributed by atoms with Crippen molar-refractivity contribution < 1.29 is 18.8 Å². The number of halogens is 2. The molecule has 0 spiro atoms. The minimum atomic E-state index is -2.21. The summed E-state index contributed by atoms with van der Waals surface area (Å²) in [6, 6.07) is 7.30. The molecule has 186 valence electrons. The van der Waals surface area contributed by atoms with Crippen LogP contribution in [-0.2, 0) is 9.59 Å². The second-order valence-corrected chi connectivity index (χ2v) is 10.4. The quantitative estimate of drug-likeness (QED) is 0.321. The van der Waals surface area contributed by atoms with Crippen molar-refractivity contribution in [2.45, 2.75) is 51.6 Å². The normalized spacial score (nSPS) is 18.3. The van der Waals surface area contributed by atoms with Crippen LogP contribution in [0, 0.1) is 28.5 Å². The number of ketones is 1. The minimum absolute atomic E-state index is 0.0724. The molecule has 1 aromatic carbocycles. The molecule has 3 rings (SSSR count). The van der Waals surface area contributed by atoms with Crippen molar-refractivity contribution in [3.8, 4) is 17.3 Å². The summed E-state index contributed by atoms with van der Waals surface area (Å²) in [6.07, 6.45) is 0.460. The number of nitriles is 1. The van der Waals surface area contributed by atoms with Gasteiger partial charge in [0.25, 0.3) is 0 Å². The van der Waals surface area contributed by atoms with E-state index in [-0.39, 0.29) is 35.0 Å². The van der Waals surface area contributed by atoms with Gasteiger partial charge in [-0.15, -0.1) is 0 Å². The average Bonchev–Trinajstić information content (AvgIpc) is 3.36. The molecule has 0 aliphatic carbocycles. The summed E-state index contributed by atoms with van der Waals surface area (Å²) in [6.45, 7) is 5.82. The van der Waals surface area contributed by atoms with Crippen LogP contribution >= 0.6 is 11.6 Å². The number of carbonyl (C=O) groups is 3. The Morgan fingerprint density at radius 2 is 2.06 bits per heavy atom. The Labute approximate surface area is 207 Å². The van der Waals surface area contributed by atoms with Crippen molar-refractivity contribution in [2.24, 2.45) is 17.1 Å². The summed E-state index contributed by atoms with van der Waals surface area (Å²) >= 11 is 6.15. The number of hydrogen-bond acceptors (Lipinski definition) is 6. The highest BCUT2D eigenvalue weighted by Crippen LogP contribution is 2.33. The van der Waals surface area contributed by atoms with Crippen molar-refractivity contribution in [3.63, 3.8) is 0 Å². The van der Waals surface area contributed by atoms with E-state index in [1.807, 2.05) is 6.07 Å². The molecule has 2 heterocycles. The molecule has 1 aromatic heterocycles. The van der Waals surface area contributed by atoms with Gasteiger partial charge in [-0.05, 0) is 30.7 Å². The van der Waals surface area contributed by atoms with E-state index in [2.05, 4.69) is 20.8 Å². The number of rotatable bonds is 8. The number of H-pyrrole nitrogens is 1. The third-order valence-electron chi connectivity index (χ3n) is 5.83. The van der Waals surface area contributed by atoms with Gasteiger partial charge in [0.2, 0.25) is 17.6 Å². The average molecular weight is 503 g/mol. The number of nitrogens with zero attached hydrogens (tertiary/aromatic N) is 2. The van der Waals surface area contributed by atoms with E-state index >= 15 is 4.39 Å². The van der Waals surface area contributed by atoms with Crippen molar-refractivity contribution in [2.75, 3.05) is 6.54 Å². The molecular formula is C24H28ClFN6O3. The van der Waals surface area contributed by atoms with E-state index in [9.17, 15) is 19.6 Å². The zero-order chi connectivity index (χ0) is 26.0. The number of aromatic amines is 1. The molecule has 5 N–H and O–H groups in total. The standard InChI is InChI=1S/C24H28ClFN6O3/c1-23(2,3)12-24(28,22(35)30-14(11-27)10-13-8-9-29-21(13)34)20(33)19-17(26)18(31-32-19)15-6-4-5-7-16(15)25/h4-7,13-14H,8-10,12,28H2,1-3H3,(H,29,34)(H,30,35)(H,31,32)/t13-,14-,24+/m0/s1. The Kier molecular flexibility index (Phi) is 7.62. The van der Waals surface area contributed by atoms with E-state index in [1.165, 1.54) is 0 Å². The number of nitrogens with two attached hydrogens (primary N) is 1. The van der Waals surface area contributed by atoms with E-state index in [0.29, 0.717) is 13.0 Å². The van der Waals surface area contributed by atoms with Crippen LogP contribution in [0.2, 0.25) is 5.02 Å². The van der Waals surface area contributed by atoms with Crippen molar-refractivity contribution in [1.29, 1.82) is 5.26 Å². The third-order valence-corrected chi connectivity index (χ3v) is 6.16. The van der Waals surface area contributed by atoms with Gasteiger partial charge in [0.15, 0.2) is 11.4 Å². The topological polar surface area (TPSA) is 154 Å². The van der Waals surface area contributed by atoms with Gasteiger partial charge in [-0.25, -0.2) is 4.39 Å². The van der Waals surface area contributed by atoms with Crippen molar-refractivity contribution in [1.82, 2.24) is 20.8 Å². The summed E-state index contributed by atoms with van der Waals surface area (Å²) in [5.41, 5.74) is 3.09. The van der Waals surface area contributed by atoms with Crippen LogP contribution in [-0.4, -0.2) is 45.9 Å². The first-order valence-corrected chi connectivity index (χ1v) is 11.6. The van der Waals surface area contributed by atoms with E-state index in [1.54, 1.807) is 45.0 Å². The molecule has 2 amide bonds. The largest absolute Gasteiger partial charge is 0.356 e. The highest BCUT2D eigenvalue weighted by molar-refractivity contribution is 6.33. The Hall–Kier alpha value is -3.29. The highest BCUT2D eigenvalue weighted by atomic mass is 35.5. The maximum atomic E-state index is 15.4. The monoisotopic (exact) mass is 502 g/mol. The summed E-state index contributed by atoms with van der Waals surface area (Å²) in [5, 5.41) is 21.2. The van der Waals surface area contributed by atoms with Gasteiger partial charge >= 0.3 is 0 Å². The van der Waals surface area contributed by atoms with Crippen LogP contribution in [0.1, 0.15) is 50.5 Å². The Morgan fingerprint density at radius 3 is 2.63 bits per heavy atom. The molecule has 0 saturated carbocycles. The lowest BCUT2D eigenvalue weighted by Crippen LogP contribution is -2.62. The molecule has 0 bridgehead atoms. The molecule has 0 radical (unpaired) electrons. The number of hydrogen-bond donors (Lipinski definition) is 4. The molecule has 1 aliphatic heterocycles. The van der Waals surface area contributed by atoms with Crippen LogP contribution in [0.5, 0.6) is 0 Å². The van der Waals surface area contributed by atoms with E-state index in [4.69, 9.17) is 17.3 Å². The summed E-state index contributed by atoms with van der Waals surface area (Å²) in [7, 11) is 0. The van der Waals surface area contributed by atoms with Gasteiger partial charge in [-0.1, -0.05) is 50.6 Å². The predicted octanol–water partition coefficient (Wildman–Crippen LogP) is 2.72. The Balaban J connectivity index is 1.92. The molecule has 11 heteroatoms. The van der Waals surface area contributed by atoms with Gasteiger partial charge in [-0.2, -0.15) is 10.4 Å². The van der Waals surface area contributed by atoms with Crippen LogP contribution in [0.4, 0.5) is 4.39 Å². The molecule has 0 unspecified atom stereocenters. The number of Topliss-reactive ketones (excluding diaryl/α,β-unsaturated/α-hetero) is 1. The van der Waals surface area contributed by atoms with Gasteiger partial charge in [0, 0.05) is 18.0 Å². The first-order chi connectivity index (χ1) is 16.4. The fourth-order valence-corrected chi connectivity index (χ4v) is 4.44. The number of amides is 2. The minimum Gasteiger partial charge on any atom is -0.356 e. The zero-order valence-corrected chi connectivity index (χ0v) is 20.5. The molecule has 35 heavy (non-hydrogen) atoms. The molecular weight excluding hydrogens is 475 g/mol. The highest BCUT2D eigenvalue weighted by Gasteiger charge is 2.48. The van der Waals surface area contributed by atoms with Crippen LogP contribution in [0.3, 0.4) is 0 Å². The Bertz CT molecular complexity index is 1180. The molecule has 2 aromatic rings. The number of aromatic nitrogens is 2. The zero-order valence-electron chi connectivity index (χ0n) is 19.7. The maximum absolute atomic E-state index is 15.4. The SMILES string of the molecule is CC(C)(C)C[C@](N)(C(=O)N[C@H](C#N)C[C@@H]1CCNC1=O)C(=O)c1[nH]nc(-c2ccccc2Cl)c1F. The molecule has 3 atom stereocenters. The lowest BCUT2D eigenvalue weighted by atomic mass is 9.76. The van der Waals surface area contributed by atoms with Crippen LogP contribution in [0.15, 0.2) is 24.3 Å². The third kappa shape index (κ3) is 5.69. The fourth-order valence-electron chi connectivity index (χ4n) is 4.22. The summed E-state index contributed by atoms with van der Waals surface area (Å²) in [4.78, 5) is 38.8. The molecule has 1 fully saturated rings. The van der Waals surface area contributed by atoms with Gasteiger partial charge < -0.3 is 16.4 Å². The van der Waals surface area contributed by atoms with Gasteiger partial charge in [0.1, 0.15) is 17.4 Å². The maximum Gasteiger partial charge on any atom is 0.249 e. The van der Waals surface area contributed by atoms with E-state index in [0.717, 1.165) is 0 Å². The van der Waals surface area contributed by atoms with Crippen LogP contribution in [0.25, 0.3) is 11.3 Å². The summed E-state index contributed by atoms with van der Waals surface area (Å²) < 4.78 is 15.4. The smallest absolute Gasteiger partial charge is 0.249 e. The number of benzene rings is 1. The second-order valence-electron chi connectivity index (χ2n) is 9.95. The van der Waals surface area contributed by atoms with Gasteiger partial charge in [-0.3, -0.25) is 19.5 Å². The lowest BCUT2D eigenvalue weighted by molar-refractivity contribution is -0.127. The van der Waals surface area contributed by atoms with Crippen molar-refractivity contribution in [3.05, 3.63) is 40.8 Å². The predicted molar refractivity (Wildman–Crippen MR) is 128 cm³/mol. The second kappa shape index (κ2) is 10.1. The molecule has 9 nitrogen and oxygen atoms in total. The molecule has 1 saturated heterocycles. The Morgan fingerprint density at radius 1 is 1.37 bits per heavy atom. The summed E-state index contributed by atoms with van der Waals surface area (Å²) in [5.74, 6) is -3.57. The van der Waals surface area contributed by atoms with Gasteiger partial charge in [0.05, 0.1) is 11.1 Å². The fraction of sp³-hybridized carbons (Fsp3) is 0.458. The first-order valence-electron chi connectivity index (χ1n) is 11.2. The number of carbonyl (C=O) groups excluding carboxylic acids is 3. The lowest BCUT2D eigenvalue weighted by Gasteiger charge is -2.33. The van der Waals surface area contributed by atoms with Crippen LogP contribution < -0.4 is 16.4 Å². The van der Waals surface area contributed by atoms with Crippen molar-refractivity contribution >= 4 is 29.2 Å². The molecule has 1 aliphatic rings. The first kappa shape index (κ1) is 26.3. The number of nitrogens with one attached hydrogen (secondary N) is 3. The van der Waals surface area contributed by atoms with E-state index < -0.39 is 46.1 Å².